The number of sulfone groups is 1. The smallest absolute Gasteiger partial charge is 0.323 e. The highest BCUT2D eigenvalue weighted by Gasteiger charge is 2.20. The Labute approximate surface area is 124 Å². The summed E-state index contributed by atoms with van der Waals surface area (Å²) < 4.78 is 23.4. The molecule has 0 aliphatic heterocycles. The molecule has 0 aliphatic rings. The van der Waals surface area contributed by atoms with Gasteiger partial charge in [-0.1, -0.05) is 25.1 Å². The molecule has 1 aromatic rings. The third-order valence-corrected chi connectivity index (χ3v) is 4.08. The van der Waals surface area contributed by atoms with Crippen LogP contribution < -0.4 is 0 Å². The first-order valence-electron chi connectivity index (χ1n) is 6.53. The standard InChI is InChI=1S/C14H19NO5S/c1-3-8-15(10-14(17)18)13(16)9-11-6-4-5-7-12(11)21(2,19)20/h4-7H,3,8-10H2,1-2H3,(H,17,18). The monoisotopic (exact) mass is 313 g/mol. The van der Waals surface area contributed by atoms with Crippen LogP contribution >= 0.6 is 0 Å². The summed E-state index contributed by atoms with van der Waals surface area (Å²) in [6.45, 7) is 1.78. The van der Waals surface area contributed by atoms with Crippen molar-refractivity contribution < 1.29 is 23.1 Å². The second kappa shape index (κ2) is 7.21. The average molecular weight is 313 g/mol. The van der Waals surface area contributed by atoms with Gasteiger partial charge < -0.3 is 10.0 Å². The Morgan fingerprint density at radius 1 is 1.24 bits per heavy atom. The fraction of sp³-hybridized carbons (Fsp3) is 0.429. The number of benzene rings is 1. The van der Waals surface area contributed by atoms with E-state index in [0.29, 0.717) is 18.5 Å². The fourth-order valence-corrected chi connectivity index (χ4v) is 2.95. The summed E-state index contributed by atoms with van der Waals surface area (Å²) in [5, 5.41) is 8.82. The molecule has 0 heterocycles. The molecular formula is C14H19NO5S. The van der Waals surface area contributed by atoms with Crippen LogP contribution in [0.15, 0.2) is 29.2 Å². The molecule has 6 nitrogen and oxygen atoms in total. The Hall–Kier alpha value is -1.89. The molecule has 0 radical (unpaired) electrons. The summed E-state index contributed by atoms with van der Waals surface area (Å²) >= 11 is 0. The third kappa shape index (κ3) is 5.18. The number of hydrogen-bond donors (Lipinski definition) is 1. The van der Waals surface area contributed by atoms with Crippen molar-refractivity contribution in [2.75, 3.05) is 19.3 Å². The number of nitrogens with zero attached hydrogens (tertiary/aromatic N) is 1. The average Bonchev–Trinajstić information content (AvgIpc) is 2.37. The number of rotatable bonds is 7. The molecule has 1 N–H and O–H groups in total. The van der Waals surface area contributed by atoms with Crippen molar-refractivity contribution in [2.45, 2.75) is 24.7 Å². The van der Waals surface area contributed by atoms with Gasteiger partial charge in [0.25, 0.3) is 0 Å². The van der Waals surface area contributed by atoms with E-state index in [2.05, 4.69) is 0 Å². The van der Waals surface area contributed by atoms with Crippen molar-refractivity contribution in [3.05, 3.63) is 29.8 Å². The molecule has 7 heteroatoms. The molecule has 0 fully saturated rings. The van der Waals surface area contributed by atoms with Crippen LogP contribution in [0, 0.1) is 0 Å². The molecule has 1 rings (SSSR count). The first-order valence-corrected chi connectivity index (χ1v) is 8.42. The molecule has 0 saturated heterocycles. The van der Waals surface area contributed by atoms with Crippen molar-refractivity contribution in [1.29, 1.82) is 0 Å². The molecule has 116 valence electrons. The number of carbonyl (C=O) groups excluding carboxylic acids is 1. The quantitative estimate of drug-likeness (QED) is 0.809. The van der Waals surface area contributed by atoms with E-state index < -0.39 is 21.7 Å². The normalized spacial score (nSPS) is 11.1. The zero-order valence-corrected chi connectivity index (χ0v) is 12.9. The number of carboxylic acid groups (broad SMARTS) is 1. The predicted molar refractivity (Wildman–Crippen MR) is 77.8 cm³/mol. The zero-order chi connectivity index (χ0) is 16.0. The fourth-order valence-electron chi connectivity index (χ4n) is 2.01. The number of hydrogen-bond acceptors (Lipinski definition) is 4. The molecule has 1 amide bonds. The van der Waals surface area contributed by atoms with Gasteiger partial charge in [-0.15, -0.1) is 0 Å². The number of carbonyl (C=O) groups is 2. The first-order chi connectivity index (χ1) is 9.75. The van der Waals surface area contributed by atoms with Gasteiger partial charge in [0.1, 0.15) is 6.54 Å². The van der Waals surface area contributed by atoms with Crippen molar-refractivity contribution in [3.8, 4) is 0 Å². The summed E-state index contributed by atoms with van der Waals surface area (Å²) in [7, 11) is -3.43. The summed E-state index contributed by atoms with van der Waals surface area (Å²) in [5.41, 5.74) is 0.386. The van der Waals surface area contributed by atoms with E-state index in [9.17, 15) is 18.0 Å². The SMILES string of the molecule is CCCN(CC(=O)O)C(=O)Cc1ccccc1S(C)(=O)=O. The van der Waals surface area contributed by atoms with Gasteiger partial charge in [-0.25, -0.2) is 8.42 Å². The summed E-state index contributed by atoms with van der Waals surface area (Å²) in [6, 6.07) is 6.25. The zero-order valence-electron chi connectivity index (χ0n) is 12.1. The van der Waals surface area contributed by atoms with Gasteiger partial charge in [-0.05, 0) is 18.1 Å². The van der Waals surface area contributed by atoms with Crippen LogP contribution in [-0.4, -0.2) is 49.6 Å². The Morgan fingerprint density at radius 2 is 1.86 bits per heavy atom. The largest absolute Gasteiger partial charge is 0.480 e. The maximum absolute atomic E-state index is 12.2. The summed E-state index contributed by atoms with van der Waals surface area (Å²) in [4.78, 5) is 24.3. The van der Waals surface area contributed by atoms with E-state index in [-0.39, 0.29) is 17.9 Å². The molecular weight excluding hydrogens is 294 g/mol. The van der Waals surface area contributed by atoms with E-state index in [1.807, 2.05) is 6.92 Å². The lowest BCUT2D eigenvalue weighted by Crippen LogP contribution is -2.37. The van der Waals surface area contributed by atoms with Gasteiger partial charge in [-0.2, -0.15) is 0 Å². The highest BCUT2D eigenvalue weighted by atomic mass is 32.2. The molecule has 0 aliphatic carbocycles. The van der Waals surface area contributed by atoms with Crippen molar-refractivity contribution in [3.63, 3.8) is 0 Å². The van der Waals surface area contributed by atoms with Crippen LogP contribution in [0.25, 0.3) is 0 Å². The Balaban J connectivity index is 2.99. The maximum Gasteiger partial charge on any atom is 0.323 e. The Bertz CT molecular complexity index is 624. The molecule has 0 atom stereocenters. The summed E-state index contributed by atoms with van der Waals surface area (Å²) in [6.07, 6.45) is 1.58. The van der Waals surface area contributed by atoms with Crippen LogP contribution in [0.1, 0.15) is 18.9 Å². The van der Waals surface area contributed by atoms with Crippen molar-refractivity contribution in [2.24, 2.45) is 0 Å². The minimum Gasteiger partial charge on any atom is -0.480 e. The highest BCUT2D eigenvalue weighted by molar-refractivity contribution is 7.90. The minimum atomic E-state index is -3.43. The van der Waals surface area contributed by atoms with Gasteiger partial charge in [0.2, 0.25) is 5.91 Å². The van der Waals surface area contributed by atoms with Crippen LogP contribution in [0.2, 0.25) is 0 Å². The number of amides is 1. The number of carboxylic acids is 1. The lowest BCUT2D eigenvalue weighted by molar-refractivity contribution is -0.144. The van der Waals surface area contributed by atoms with E-state index in [4.69, 9.17) is 5.11 Å². The second-order valence-electron chi connectivity index (χ2n) is 4.77. The van der Waals surface area contributed by atoms with E-state index in [0.717, 1.165) is 6.26 Å². The van der Waals surface area contributed by atoms with Gasteiger partial charge in [-0.3, -0.25) is 9.59 Å². The topological polar surface area (TPSA) is 91.8 Å². The van der Waals surface area contributed by atoms with E-state index in [1.54, 1.807) is 18.2 Å². The Kier molecular flexibility index (Phi) is 5.90. The molecule has 0 unspecified atom stereocenters. The van der Waals surface area contributed by atoms with Gasteiger partial charge in [0.05, 0.1) is 11.3 Å². The molecule has 0 bridgehead atoms. The lowest BCUT2D eigenvalue weighted by atomic mass is 10.1. The van der Waals surface area contributed by atoms with Crippen LogP contribution in [-0.2, 0) is 25.8 Å². The van der Waals surface area contributed by atoms with Gasteiger partial charge in [0.15, 0.2) is 9.84 Å². The van der Waals surface area contributed by atoms with Gasteiger partial charge >= 0.3 is 5.97 Å². The number of aliphatic carboxylic acids is 1. The summed E-state index contributed by atoms with van der Waals surface area (Å²) in [5.74, 6) is -1.48. The van der Waals surface area contributed by atoms with Gasteiger partial charge in [0, 0.05) is 12.8 Å². The van der Waals surface area contributed by atoms with Crippen molar-refractivity contribution in [1.82, 2.24) is 4.90 Å². The first kappa shape index (κ1) is 17.2. The molecule has 0 aromatic heterocycles. The Morgan fingerprint density at radius 3 is 2.38 bits per heavy atom. The molecule has 0 spiro atoms. The highest BCUT2D eigenvalue weighted by Crippen LogP contribution is 2.16. The van der Waals surface area contributed by atoms with Crippen LogP contribution in [0.5, 0.6) is 0 Å². The van der Waals surface area contributed by atoms with Crippen molar-refractivity contribution >= 4 is 21.7 Å². The molecule has 21 heavy (non-hydrogen) atoms. The van der Waals surface area contributed by atoms with Crippen LogP contribution in [0.4, 0.5) is 0 Å². The maximum atomic E-state index is 12.2. The molecule has 0 saturated carbocycles. The van der Waals surface area contributed by atoms with Crippen LogP contribution in [0.3, 0.4) is 0 Å². The second-order valence-corrected chi connectivity index (χ2v) is 6.75. The lowest BCUT2D eigenvalue weighted by Gasteiger charge is -2.20. The third-order valence-electron chi connectivity index (χ3n) is 2.89. The van der Waals surface area contributed by atoms with E-state index >= 15 is 0 Å². The predicted octanol–water partition coefficient (Wildman–Crippen LogP) is 0.956. The molecule has 1 aromatic carbocycles. The van der Waals surface area contributed by atoms with E-state index in [1.165, 1.54) is 11.0 Å². The minimum absolute atomic E-state index is 0.102.